The van der Waals surface area contributed by atoms with Crippen LogP contribution in [0.5, 0.6) is 11.5 Å². The van der Waals surface area contributed by atoms with Gasteiger partial charge in [0.1, 0.15) is 11.5 Å². The molecule has 2 atom stereocenters. The number of benzene rings is 2. The van der Waals surface area contributed by atoms with E-state index < -0.39 is 12.2 Å². The molecule has 0 unspecified atom stereocenters. The molecular formula is C19H18N2O4. The quantitative estimate of drug-likeness (QED) is 0.902. The zero-order chi connectivity index (χ0) is 17.4. The SMILES string of the molecule is CNC(=O)[C@@H]1CN(C(=O)[C@@H]2Cc3ccccc3O2)c2ccccc2O1. The van der Waals surface area contributed by atoms with Gasteiger partial charge in [-0.25, -0.2) is 0 Å². The molecular weight excluding hydrogens is 320 g/mol. The highest BCUT2D eigenvalue weighted by Crippen LogP contribution is 2.36. The lowest BCUT2D eigenvalue weighted by Gasteiger charge is -2.35. The third kappa shape index (κ3) is 2.69. The summed E-state index contributed by atoms with van der Waals surface area (Å²) in [5.74, 6) is 0.834. The average molecular weight is 338 g/mol. The number of carbonyl (C=O) groups excluding carboxylic acids is 2. The monoisotopic (exact) mass is 338 g/mol. The minimum atomic E-state index is -0.743. The second kappa shape index (κ2) is 6.12. The topological polar surface area (TPSA) is 67.9 Å². The highest BCUT2D eigenvalue weighted by atomic mass is 16.5. The van der Waals surface area contributed by atoms with E-state index in [4.69, 9.17) is 9.47 Å². The van der Waals surface area contributed by atoms with E-state index in [9.17, 15) is 9.59 Å². The molecule has 2 heterocycles. The van der Waals surface area contributed by atoms with Crippen molar-refractivity contribution in [2.24, 2.45) is 0 Å². The number of hydrogen-bond acceptors (Lipinski definition) is 4. The molecule has 6 heteroatoms. The fourth-order valence-electron chi connectivity index (χ4n) is 3.23. The molecule has 0 saturated heterocycles. The molecule has 0 fully saturated rings. The van der Waals surface area contributed by atoms with Gasteiger partial charge in [0, 0.05) is 13.5 Å². The van der Waals surface area contributed by atoms with Crippen molar-refractivity contribution in [2.45, 2.75) is 18.6 Å². The number of nitrogens with zero attached hydrogens (tertiary/aromatic N) is 1. The van der Waals surface area contributed by atoms with Crippen molar-refractivity contribution in [3.63, 3.8) is 0 Å². The number of anilines is 1. The van der Waals surface area contributed by atoms with Gasteiger partial charge in [-0.1, -0.05) is 30.3 Å². The first kappa shape index (κ1) is 15.5. The molecule has 4 rings (SSSR count). The van der Waals surface area contributed by atoms with Gasteiger partial charge in [0.15, 0.2) is 12.2 Å². The summed E-state index contributed by atoms with van der Waals surface area (Å²) in [7, 11) is 1.55. The minimum absolute atomic E-state index is 0.158. The molecule has 2 aromatic carbocycles. The van der Waals surface area contributed by atoms with E-state index in [1.807, 2.05) is 42.5 Å². The van der Waals surface area contributed by atoms with Crippen LogP contribution >= 0.6 is 0 Å². The molecule has 0 aromatic heterocycles. The molecule has 0 bridgehead atoms. The maximum Gasteiger partial charge on any atom is 0.268 e. The number of nitrogens with one attached hydrogen (secondary N) is 1. The van der Waals surface area contributed by atoms with Gasteiger partial charge in [-0.15, -0.1) is 0 Å². The molecule has 2 amide bonds. The molecule has 128 valence electrons. The summed E-state index contributed by atoms with van der Waals surface area (Å²) in [5, 5.41) is 2.58. The average Bonchev–Trinajstić information content (AvgIpc) is 3.10. The number of rotatable bonds is 2. The van der Waals surface area contributed by atoms with Gasteiger partial charge in [0.25, 0.3) is 11.8 Å². The van der Waals surface area contributed by atoms with Crippen LogP contribution < -0.4 is 19.7 Å². The summed E-state index contributed by atoms with van der Waals surface area (Å²) < 4.78 is 11.6. The van der Waals surface area contributed by atoms with Crippen molar-refractivity contribution in [1.82, 2.24) is 5.32 Å². The zero-order valence-corrected chi connectivity index (χ0v) is 13.8. The molecule has 0 saturated carbocycles. The lowest BCUT2D eigenvalue weighted by molar-refractivity contribution is -0.129. The van der Waals surface area contributed by atoms with Crippen LogP contribution in [0.2, 0.25) is 0 Å². The Kier molecular flexibility index (Phi) is 3.80. The van der Waals surface area contributed by atoms with E-state index in [0.717, 1.165) is 11.3 Å². The van der Waals surface area contributed by atoms with Crippen molar-refractivity contribution in [3.8, 4) is 11.5 Å². The van der Waals surface area contributed by atoms with E-state index in [1.54, 1.807) is 18.0 Å². The fourth-order valence-corrected chi connectivity index (χ4v) is 3.23. The Morgan fingerprint density at radius 3 is 2.44 bits per heavy atom. The summed E-state index contributed by atoms with van der Waals surface area (Å²) in [4.78, 5) is 26.7. The van der Waals surface area contributed by atoms with Crippen LogP contribution in [0.25, 0.3) is 0 Å². The first-order valence-corrected chi connectivity index (χ1v) is 8.20. The maximum absolute atomic E-state index is 13.1. The van der Waals surface area contributed by atoms with Crippen molar-refractivity contribution in [3.05, 3.63) is 54.1 Å². The number of fused-ring (bicyclic) bond motifs is 2. The van der Waals surface area contributed by atoms with Crippen molar-refractivity contribution < 1.29 is 19.1 Å². The smallest absolute Gasteiger partial charge is 0.268 e. The van der Waals surface area contributed by atoms with Crippen LogP contribution in [-0.4, -0.2) is 37.6 Å². The highest BCUT2D eigenvalue weighted by Gasteiger charge is 2.39. The second-order valence-corrected chi connectivity index (χ2v) is 6.06. The summed E-state index contributed by atoms with van der Waals surface area (Å²) in [6.45, 7) is 0.158. The van der Waals surface area contributed by atoms with Crippen LogP contribution in [0.1, 0.15) is 5.56 Å². The van der Waals surface area contributed by atoms with E-state index in [1.165, 1.54) is 0 Å². The molecule has 2 aromatic rings. The number of carbonyl (C=O) groups is 2. The van der Waals surface area contributed by atoms with E-state index in [0.29, 0.717) is 17.9 Å². The van der Waals surface area contributed by atoms with Crippen LogP contribution in [0.3, 0.4) is 0 Å². The fraction of sp³-hybridized carbons (Fsp3) is 0.263. The third-order valence-corrected chi connectivity index (χ3v) is 4.50. The Bertz CT molecular complexity index is 811. The van der Waals surface area contributed by atoms with Gasteiger partial charge >= 0.3 is 0 Å². The standard InChI is InChI=1S/C19H18N2O4/c1-20-18(22)17-11-21(13-7-3-5-9-15(13)25-17)19(23)16-10-12-6-2-4-8-14(12)24-16/h2-9,16-17H,10-11H2,1H3,(H,20,22)/t16-,17-/m0/s1. The van der Waals surface area contributed by atoms with E-state index in [2.05, 4.69) is 5.32 Å². The van der Waals surface area contributed by atoms with Crippen LogP contribution in [0, 0.1) is 0 Å². The molecule has 0 radical (unpaired) electrons. The number of para-hydroxylation sites is 3. The lowest BCUT2D eigenvalue weighted by Crippen LogP contribution is -2.53. The Hall–Kier alpha value is -3.02. The van der Waals surface area contributed by atoms with Crippen LogP contribution in [-0.2, 0) is 16.0 Å². The van der Waals surface area contributed by atoms with Gasteiger partial charge in [0.2, 0.25) is 0 Å². The Morgan fingerprint density at radius 2 is 1.68 bits per heavy atom. The normalized spacial score (nSPS) is 20.8. The largest absolute Gasteiger partial charge is 0.480 e. The molecule has 25 heavy (non-hydrogen) atoms. The molecule has 0 aliphatic carbocycles. The Balaban J connectivity index is 1.62. The van der Waals surface area contributed by atoms with Gasteiger partial charge < -0.3 is 19.7 Å². The van der Waals surface area contributed by atoms with Crippen molar-refractivity contribution in [1.29, 1.82) is 0 Å². The molecule has 2 aliphatic heterocycles. The Labute approximate surface area is 145 Å². The van der Waals surface area contributed by atoms with Crippen molar-refractivity contribution >= 4 is 17.5 Å². The summed E-state index contributed by atoms with van der Waals surface area (Å²) in [6.07, 6.45) is -0.805. The van der Waals surface area contributed by atoms with Crippen LogP contribution in [0.15, 0.2) is 48.5 Å². The van der Waals surface area contributed by atoms with Gasteiger partial charge in [-0.2, -0.15) is 0 Å². The minimum Gasteiger partial charge on any atom is -0.480 e. The first-order valence-electron chi connectivity index (χ1n) is 8.20. The Morgan fingerprint density at radius 1 is 1.00 bits per heavy atom. The molecule has 2 aliphatic rings. The summed E-state index contributed by atoms with van der Waals surface area (Å²) >= 11 is 0. The predicted octanol–water partition coefficient (Wildman–Crippen LogP) is 1.53. The highest BCUT2D eigenvalue weighted by molar-refractivity contribution is 6.00. The summed E-state index contributed by atoms with van der Waals surface area (Å²) in [6, 6.07) is 14.9. The third-order valence-electron chi connectivity index (χ3n) is 4.50. The summed E-state index contributed by atoms with van der Waals surface area (Å²) in [5.41, 5.74) is 1.68. The maximum atomic E-state index is 13.1. The van der Waals surface area contributed by atoms with E-state index in [-0.39, 0.29) is 18.4 Å². The molecule has 6 nitrogen and oxygen atoms in total. The van der Waals surface area contributed by atoms with Gasteiger partial charge in [0.05, 0.1) is 12.2 Å². The predicted molar refractivity (Wildman–Crippen MR) is 91.8 cm³/mol. The van der Waals surface area contributed by atoms with E-state index >= 15 is 0 Å². The van der Waals surface area contributed by atoms with Gasteiger partial charge in [-0.05, 0) is 23.8 Å². The second-order valence-electron chi connectivity index (χ2n) is 6.06. The number of hydrogen-bond donors (Lipinski definition) is 1. The van der Waals surface area contributed by atoms with Crippen molar-refractivity contribution in [2.75, 3.05) is 18.5 Å². The van der Waals surface area contributed by atoms with Crippen LogP contribution in [0.4, 0.5) is 5.69 Å². The first-order chi connectivity index (χ1) is 12.2. The molecule has 1 N–H and O–H groups in total. The number of likely N-dealkylation sites (N-methyl/N-ethyl adjacent to an activating group) is 1. The number of amides is 2. The number of ether oxygens (including phenoxy) is 2. The zero-order valence-electron chi connectivity index (χ0n) is 13.8. The lowest BCUT2D eigenvalue weighted by atomic mass is 10.1. The van der Waals surface area contributed by atoms with Gasteiger partial charge in [-0.3, -0.25) is 9.59 Å². The molecule has 0 spiro atoms.